The molecule has 0 spiro atoms. The van der Waals surface area contributed by atoms with Gasteiger partial charge in [0.15, 0.2) is 0 Å². The number of nitrogens with one attached hydrogen (secondary N) is 2. The highest BCUT2D eigenvalue weighted by atomic mass is 32.2. The Labute approximate surface area is 157 Å². The van der Waals surface area contributed by atoms with Gasteiger partial charge in [-0.25, -0.2) is 0 Å². The molecule has 0 saturated carbocycles. The fourth-order valence-electron chi connectivity index (χ4n) is 2.90. The number of anilines is 1. The van der Waals surface area contributed by atoms with Gasteiger partial charge in [0.05, 0.1) is 24.1 Å². The largest absolute Gasteiger partial charge is 0.496 e. The summed E-state index contributed by atoms with van der Waals surface area (Å²) in [7, 11) is 1.62. The van der Waals surface area contributed by atoms with E-state index in [-0.39, 0.29) is 23.1 Å². The highest BCUT2D eigenvalue weighted by Gasteiger charge is 2.24. The lowest BCUT2D eigenvalue weighted by Gasteiger charge is -2.22. The molecule has 1 aliphatic rings. The maximum absolute atomic E-state index is 12.7. The third-order valence-corrected chi connectivity index (χ3v) is 5.55. The summed E-state index contributed by atoms with van der Waals surface area (Å²) in [6.45, 7) is 5.79. The van der Waals surface area contributed by atoms with E-state index in [2.05, 4.69) is 10.6 Å². The lowest BCUT2D eigenvalue weighted by Crippen LogP contribution is -2.29. The van der Waals surface area contributed by atoms with Crippen molar-refractivity contribution in [2.75, 3.05) is 12.4 Å². The van der Waals surface area contributed by atoms with Gasteiger partial charge in [0.1, 0.15) is 5.75 Å². The molecule has 6 heteroatoms. The van der Waals surface area contributed by atoms with Crippen molar-refractivity contribution in [2.45, 2.75) is 37.0 Å². The maximum atomic E-state index is 12.7. The molecule has 0 saturated heterocycles. The summed E-state index contributed by atoms with van der Waals surface area (Å²) in [5.74, 6) is 0.506. The van der Waals surface area contributed by atoms with E-state index < -0.39 is 0 Å². The molecule has 2 amide bonds. The SMILES string of the molecule is COc1ccc(C)cc1C(C)NC(=O)c1ccc2c(c1)NC(=O)C(C)S2. The summed E-state index contributed by atoms with van der Waals surface area (Å²) in [6.07, 6.45) is 0. The number of ether oxygens (including phenoxy) is 1. The summed E-state index contributed by atoms with van der Waals surface area (Å²) in [6, 6.07) is 11.1. The number of benzene rings is 2. The van der Waals surface area contributed by atoms with Crippen molar-refractivity contribution in [2.24, 2.45) is 0 Å². The molecule has 5 nitrogen and oxygen atoms in total. The first-order valence-electron chi connectivity index (χ1n) is 8.46. The second kappa shape index (κ2) is 7.41. The van der Waals surface area contributed by atoms with E-state index in [0.717, 1.165) is 21.8 Å². The Balaban J connectivity index is 1.79. The van der Waals surface area contributed by atoms with E-state index in [4.69, 9.17) is 4.74 Å². The van der Waals surface area contributed by atoms with Crippen LogP contribution in [0.2, 0.25) is 0 Å². The maximum Gasteiger partial charge on any atom is 0.251 e. The summed E-state index contributed by atoms with van der Waals surface area (Å²) in [5.41, 5.74) is 3.23. The third-order valence-electron chi connectivity index (χ3n) is 4.37. The first-order chi connectivity index (χ1) is 12.4. The zero-order valence-corrected chi connectivity index (χ0v) is 16.1. The smallest absolute Gasteiger partial charge is 0.251 e. The molecule has 0 radical (unpaired) electrons. The molecule has 3 rings (SSSR count). The molecule has 2 N–H and O–H groups in total. The molecule has 1 heterocycles. The Kier molecular flexibility index (Phi) is 5.23. The summed E-state index contributed by atoms with van der Waals surface area (Å²) in [5, 5.41) is 5.73. The van der Waals surface area contributed by atoms with Gasteiger partial charge in [-0.1, -0.05) is 17.7 Å². The molecule has 0 aliphatic carbocycles. The minimum absolute atomic E-state index is 0.0436. The van der Waals surface area contributed by atoms with Crippen LogP contribution in [0.4, 0.5) is 5.69 Å². The van der Waals surface area contributed by atoms with Crippen LogP contribution in [0, 0.1) is 6.92 Å². The molecule has 26 heavy (non-hydrogen) atoms. The van der Waals surface area contributed by atoms with Crippen molar-refractivity contribution in [1.29, 1.82) is 0 Å². The topological polar surface area (TPSA) is 67.4 Å². The van der Waals surface area contributed by atoms with E-state index in [1.807, 2.05) is 45.0 Å². The fraction of sp³-hybridized carbons (Fsp3) is 0.300. The number of fused-ring (bicyclic) bond motifs is 1. The number of aryl methyl sites for hydroxylation is 1. The van der Waals surface area contributed by atoms with Crippen molar-refractivity contribution in [1.82, 2.24) is 5.32 Å². The van der Waals surface area contributed by atoms with Gasteiger partial charge in [0, 0.05) is 16.0 Å². The molecular formula is C20H22N2O3S. The molecule has 136 valence electrons. The highest BCUT2D eigenvalue weighted by Crippen LogP contribution is 2.36. The summed E-state index contributed by atoms with van der Waals surface area (Å²) < 4.78 is 5.40. The summed E-state index contributed by atoms with van der Waals surface area (Å²) in [4.78, 5) is 25.5. The third kappa shape index (κ3) is 3.70. The molecule has 0 fully saturated rings. The van der Waals surface area contributed by atoms with Crippen LogP contribution < -0.4 is 15.4 Å². The van der Waals surface area contributed by atoms with Crippen molar-refractivity contribution < 1.29 is 14.3 Å². The minimum atomic E-state index is -0.211. The van der Waals surface area contributed by atoms with Crippen LogP contribution >= 0.6 is 11.8 Å². The second-order valence-corrected chi connectivity index (χ2v) is 7.78. The van der Waals surface area contributed by atoms with Crippen molar-refractivity contribution >= 4 is 29.3 Å². The molecule has 1 aliphatic heterocycles. The molecule has 2 aromatic rings. The van der Waals surface area contributed by atoms with Crippen LogP contribution in [0.3, 0.4) is 0 Å². The molecule has 2 atom stereocenters. The second-order valence-electron chi connectivity index (χ2n) is 6.40. The van der Waals surface area contributed by atoms with Gasteiger partial charge in [-0.05, 0) is 45.0 Å². The van der Waals surface area contributed by atoms with E-state index in [0.29, 0.717) is 11.3 Å². The molecule has 0 bridgehead atoms. The fourth-order valence-corrected chi connectivity index (χ4v) is 3.83. The van der Waals surface area contributed by atoms with Crippen LogP contribution in [0.25, 0.3) is 0 Å². The van der Waals surface area contributed by atoms with Crippen molar-refractivity contribution in [3.8, 4) is 5.75 Å². The predicted molar refractivity (Wildman–Crippen MR) is 104 cm³/mol. The van der Waals surface area contributed by atoms with E-state index in [1.165, 1.54) is 11.8 Å². The Morgan fingerprint density at radius 1 is 1.27 bits per heavy atom. The van der Waals surface area contributed by atoms with Crippen LogP contribution in [0.5, 0.6) is 5.75 Å². The van der Waals surface area contributed by atoms with Crippen molar-refractivity contribution in [3.05, 3.63) is 53.1 Å². The average molecular weight is 370 g/mol. The Morgan fingerprint density at radius 2 is 2.04 bits per heavy atom. The number of carbonyl (C=O) groups excluding carboxylic acids is 2. The lowest BCUT2D eigenvalue weighted by atomic mass is 10.0. The Hall–Kier alpha value is -2.47. The number of hydrogen-bond acceptors (Lipinski definition) is 4. The number of rotatable bonds is 4. The molecular weight excluding hydrogens is 348 g/mol. The standard InChI is InChI=1S/C20H22N2O3S/c1-11-5-7-17(25-4)15(9-11)12(2)21-20(24)14-6-8-18-16(10-14)22-19(23)13(3)26-18/h5-10,12-13H,1-4H3,(H,21,24)(H,22,23). The van der Waals surface area contributed by atoms with E-state index in [1.54, 1.807) is 19.2 Å². The van der Waals surface area contributed by atoms with Gasteiger partial charge in [-0.15, -0.1) is 11.8 Å². The highest BCUT2D eigenvalue weighted by molar-refractivity contribution is 8.00. The van der Waals surface area contributed by atoms with E-state index >= 15 is 0 Å². The number of amides is 2. The lowest BCUT2D eigenvalue weighted by molar-refractivity contribution is -0.115. The van der Waals surface area contributed by atoms with Crippen LogP contribution in [-0.2, 0) is 4.79 Å². The van der Waals surface area contributed by atoms with Gasteiger partial charge < -0.3 is 15.4 Å². The summed E-state index contributed by atoms with van der Waals surface area (Å²) >= 11 is 1.50. The zero-order valence-electron chi connectivity index (χ0n) is 15.3. The first kappa shape index (κ1) is 18.3. The molecule has 0 aromatic heterocycles. The van der Waals surface area contributed by atoms with Crippen molar-refractivity contribution in [3.63, 3.8) is 0 Å². The van der Waals surface area contributed by atoms with Crippen LogP contribution in [0.1, 0.15) is 41.4 Å². The van der Waals surface area contributed by atoms with Crippen LogP contribution in [-0.4, -0.2) is 24.2 Å². The minimum Gasteiger partial charge on any atom is -0.496 e. The number of hydrogen-bond donors (Lipinski definition) is 2. The average Bonchev–Trinajstić information content (AvgIpc) is 2.62. The zero-order chi connectivity index (χ0) is 18.8. The normalized spacial score (nSPS) is 17.1. The quantitative estimate of drug-likeness (QED) is 0.856. The monoisotopic (exact) mass is 370 g/mol. The van der Waals surface area contributed by atoms with E-state index in [9.17, 15) is 9.59 Å². The van der Waals surface area contributed by atoms with Crippen LogP contribution in [0.15, 0.2) is 41.3 Å². The molecule has 2 aromatic carbocycles. The Bertz CT molecular complexity index is 866. The predicted octanol–water partition coefficient (Wildman–Crippen LogP) is 3.93. The van der Waals surface area contributed by atoms with Gasteiger partial charge >= 0.3 is 0 Å². The van der Waals surface area contributed by atoms with Gasteiger partial charge in [-0.2, -0.15) is 0 Å². The van der Waals surface area contributed by atoms with Gasteiger partial charge in [0.2, 0.25) is 5.91 Å². The number of carbonyl (C=O) groups is 2. The van der Waals surface area contributed by atoms with Gasteiger partial charge in [-0.3, -0.25) is 9.59 Å². The van der Waals surface area contributed by atoms with Gasteiger partial charge in [0.25, 0.3) is 5.91 Å². The first-order valence-corrected chi connectivity index (χ1v) is 9.34. The Morgan fingerprint density at radius 3 is 2.77 bits per heavy atom. The molecule has 2 unspecified atom stereocenters. The number of methoxy groups -OCH3 is 1. The number of thioether (sulfide) groups is 1.